The third-order valence-corrected chi connectivity index (χ3v) is 3.92. The second kappa shape index (κ2) is 4.61. The minimum absolute atomic E-state index is 0.450. The summed E-state index contributed by atoms with van der Waals surface area (Å²) in [7, 11) is 0. The molecule has 0 radical (unpaired) electrons. The van der Waals surface area contributed by atoms with Crippen molar-refractivity contribution in [3.8, 4) is 0 Å². The summed E-state index contributed by atoms with van der Waals surface area (Å²) < 4.78 is 0. The molecule has 1 aromatic heterocycles. The van der Waals surface area contributed by atoms with Gasteiger partial charge in [-0.2, -0.15) is 0 Å². The Balaban J connectivity index is 1.69. The maximum atomic E-state index is 9.81. The van der Waals surface area contributed by atoms with Gasteiger partial charge in [0, 0.05) is 18.0 Å². The number of hydrogen-bond donors (Lipinski definition) is 3. The van der Waals surface area contributed by atoms with Crippen molar-refractivity contribution < 1.29 is 10.2 Å². The summed E-state index contributed by atoms with van der Waals surface area (Å²) in [6.07, 6.45) is 2.43. The summed E-state index contributed by atoms with van der Waals surface area (Å²) in [4.78, 5) is 0.975. The van der Waals surface area contributed by atoms with Crippen LogP contribution in [0.1, 0.15) is 30.2 Å². The molecule has 0 spiro atoms. The summed E-state index contributed by atoms with van der Waals surface area (Å²) in [5.74, 6) is 0. The van der Waals surface area contributed by atoms with E-state index in [-0.39, 0.29) is 0 Å². The Kier molecular flexibility index (Phi) is 3.41. The minimum Gasteiger partial charge on any atom is -0.389 e. The van der Waals surface area contributed by atoms with Gasteiger partial charge in [0.15, 0.2) is 0 Å². The van der Waals surface area contributed by atoms with Crippen molar-refractivity contribution >= 4 is 11.3 Å². The fraction of sp³-hybridized carbons (Fsp3) is 0.636. The maximum Gasteiger partial charge on any atom is 0.101 e. The van der Waals surface area contributed by atoms with E-state index in [0.29, 0.717) is 13.1 Å². The number of rotatable bonds is 5. The summed E-state index contributed by atoms with van der Waals surface area (Å²) >= 11 is 1.56. The summed E-state index contributed by atoms with van der Waals surface area (Å²) in [5, 5.41) is 24.7. The van der Waals surface area contributed by atoms with Gasteiger partial charge in [0.25, 0.3) is 0 Å². The van der Waals surface area contributed by atoms with Crippen LogP contribution in [0.4, 0.5) is 0 Å². The molecule has 2 rings (SSSR count). The molecule has 0 bridgehead atoms. The molecule has 1 fully saturated rings. The second-order valence-corrected chi connectivity index (χ2v) is 5.22. The first-order valence-electron chi connectivity index (χ1n) is 5.34. The Labute approximate surface area is 93.8 Å². The number of aliphatic hydroxyl groups excluding tert-OH is 1. The molecule has 1 atom stereocenters. The standard InChI is InChI=1S/C11H17NO2S/c13-9(10-3-1-6-15-10)7-12-8-11(14)4-2-5-11/h1,3,6,9,12-14H,2,4-5,7-8H2. The summed E-state index contributed by atoms with van der Waals surface area (Å²) in [5.41, 5.74) is -0.505. The zero-order chi connectivity index (χ0) is 10.7. The van der Waals surface area contributed by atoms with E-state index in [2.05, 4.69) is 5.32 Å². The lowest BCUT2D eigenvalue weighted by atomic mass is 9.80. The lowest BCUT2D eigenvalue weighted by Gasteiger charge is -2.36. The molecule has 4 heteroatoms. The molecular weight excluding hydrogens is 210 g/mol. The van der Waals surface area contributed by atoms with E-state index in [4.69, 9.17) is 0 Å². The first kappa shape index (κ1) is 11.1. The van der Waals surface area contributed by atoms with Gasteiger partial charge in [-0.25, -0.2) is 0 Å². The summed E-state index contributed by atoms with van der Waals surface area (Å²) in [6, 6.07) is 3.86. The number of nitrogens with one attached hydrogen (secondary N) is 1. The second-order valence-electron chi connectivity index (χ2n) is 4.24. The van der Waals surface area contributed by atoms with Crippen molar-refractivity contribution in [3.63, 3.8) is 0 Å². The van der Waals surface area contributed by atoms with E-state index in [1.165, 1.54) is 0 Å². The molecular formula is C11H17NO2S. The molecule has 0 amide bonds. The highest BCUT2D eigenvalue weighted by Gasteiger charge is 2.33. The first-order chi connectivity index (χ1) is 7.20. The van der Waals surface area contributed by atoms with E-state index in [1.54, 1.807) is 11.3 Å². The van der Waals surface area contributed by atoms with Crippen LogP contribution in [0.15, 0.2) is 17.5 Å². The maximum absolute atomic E-state index is 9.81. The number of hydrogen-bond acceptors (Lipinski definition) is 4. The van der Waals surface area contributed by atoms with Crippen molar-refractivity contribution in [2.24, 2.45) is 0 Å². The highest BCUT2D eigenvalue weighted by Crippen LogP contribution is 2.30. The van der Waals surface area contributed by atoms with Crippen molar-refractivity contribution in [1.29, 1.82) is 0 Å². The fourth-order valence-corrected chi connectivity index (χ4v) is 2.50. The molecule has 1 aliphatic carbocycles. The van der Waals surface area contributed by atoms with Gasteiger partial charge < -0.3 is 15.5 Å². The topological polar surface area (TPSA) is 52.5 Å². The highest BCUT2D eigenvalue weighted by atomic mass is 32.1. The normalized spacial score (nSPS) is 20.9. The van der Waals surface area contributed by atoms with E-state index < -0.39 is 11.7 Å². The molecule has 1 aliphatic rings. The molecule has 0 saturated heterocycles. The molecule has 84 valence electrons. The van der Waals surface area contributed by atoms with Crippen LogP contribution in [0.25, 0.3) is 0 Å². The van der Waals surface area contributed by atoms with Gasteiger partial charge in [0.2, 0.25) is 0 Å². The lowest BCUT2D eigenvalue weighted by molar-refractivity contribution is -0.0328. The zero-order valence-corrected chi connectivity index (χ0v) is 9.46. The van der Waals surface area contributed by atoms with Gasteiger partial charge in [-0.1, -0.05) is 6.07 Å². The van der Waals surface area contributed by atoms with Gasteiger partial charge in [-0.3, -0.25) is 0 Å². The van der Waals surface area contributed by atoms with Crippen LogP contribution < -0.4 is 5.32 Å². The van der Waals surface area contributed by atoms with Gasteiger partial charge in [-0.15, -0.1) is 11.3 Å². The molecule has 1 heterocycles. The van der Waals surface area contributed by atoms with Crippen LogP contribution in [0.2, 0.25) is 0 Å². The van der Waals surface area contributed by atoms with E-state index >= 15 is 0 Å². The minimum atomic E-state index is -0.505. The number of thiophene rings is 1. The molecule has 1 aromatic rings. The molecule has 1 unspecified atom stereocenters. The Hall–Kier alpha value is -0.420. The third-order valence-electron chi connectivity index (χ3n) is 2.95. The third kappa shape index (κ3) is 2.78. The van der Waals surface area contributed by atoms with Crippen LogP contribution in [0, 0.1) is 0 Å². The van der Waals surface area contributed by atoms with Crippen molar-refractivity contribution in [3.05, 3.63) is 22.4 Å². The summed E-state index contributed by atoms with van der Waals surface area (Å²) in [6.45, 7) is 1.11. The molecule has 15 heavy (non-hydrogen) atoms. The van der Waals surface area contributed by atoms with Crippen LogP contribution in [-0.2, 0) is 0 Å². The average Bonchev–Trinajstić information content (AvgIpc) is 2.67. The predicted molar refractivity (Wildman–Crippen MR) is 60.9 cm³/mol. The average molecular weight is 227 g/mol. The smallest absolute Gasteiger partial charge is 0.101 e. The van der Waals surface area contributed by atoms with Gasteiger partial charge in [-0.05, 0) is 30.7 Å². The Morgan fingerprint density at radius 3 is 2.87 bits per heavy atom. The van der Waals surface area contributed by atoms with Gasteiger partial charge >= 0.3 is 0 Å². The highest BCUT2D eigenvalue weighted by molar-refractivity contribution is 7.10. The van der Waals surface area contributed by atoms with Crippen molar-refractivity contribution in [2.75, 3.05) is 13.1 Å². The van der Waals surface area contributed by atoms with Crippen LogP contribution in [0.3, 0.4) is 0 Å². The molecule has 3 N–H and O–H groups in total. The van der Waals surface area contributed by atoms with Gasteiger partial charge in [0.05, 0.1) is 5.60 Å². The van der Waals surface area contributed by atoms with Crippen LogP contribution in [0.5, 0.6) is 0 Å². The molecule has 1 saturated carbocycles. The Bertz CT molecular complexity index is 296. The van der Waals surface area contributed by atoms with E-state index in [1.807, 2.05) is 17.5 Å². The fourth-order valence-electron chi connectivity index (χ4n) is 1.78. The Morgan fingerprint density at radius 2 is 2.33 bits per heavy atom. The van der Waals surface area contributed by atoms with E-state index in [0.717, 1.165) is 24.1 Å². The molecule has 0 aromatic carbocycles. The number of aliphatic hydroxyl groups is 2. The van der Waals surface area contributed by atoms with Crippen molar-refractivity contribution in [1.82, 2.24) is 5.32 Å². The molecule has 3 nitrogen and oxygen atoms in total. The Morgan fingerprint density at radius 1 is 1.53 bits per heavy atom. The quantitative estimate of drug-likeness (QED) is 0.710. The lowest BCUT2D eigenvalue weighted by Crippen LogP contribution is -2.46. The zero-order valence-electron chi connectivity index (χ0n) is 8.65. The van der Waals surface area contributed by atoms with E-state index in [9.17, 15) is 10.2 Å². The van der Waals surface area contributed by atoms with Crippen molar-refractivity contribution in [2.45, 2.75) is 31.0 Å². The SMILES string of the molecule is OC(CNCC1(O)CCC1)c1cccs1. The van der Waals surface area contributed by atoms with Crippen LogP contribution in [-0.4, -0.2) is 28.9 Å². The first-order valence-corrected chi connectivity index (χ1v) is 6.22. The largest absolute Gasteiger partial charge is 0.389 e. The molecule has 0 aliphatic heterocycles. The van der Waals surface area contributed by atoms with Crippen LogP contribution >= 0.6 is 11.3 Å². The predicted octanol–water partition coefficient (Wildman–Crippen LogP) is 1.29. The monoisotopic (exact) mass is 227 g/mol. The van der Waals surface area contributed by atoms with Gasteiger partial charge in [0.1, 0.15) is 6.10 Å².